The largest absolute Gasteiger partial charge is 0.456 e. The fraction of sp³-hybridized carbons (Fsp3) is 0.0625. The summed E-state index contributed by atoms with van der Waals surface area (Å²) in [6, 6.07) is 17.2. The molecule has 3 aromatic rings. The highest BCUT2D eigenvalue weighted by Gasteiger charge is 2.14. The molecular weight excluding hydrogens is 238 g/mol. The van der Waals surface area contributed by atoms with E-state index in [1.54, 1.807) is 13.1 Å². The van der Waals surface area contributed by atoms with Gasteiger partial charge >= 0.3 is 0 Å². The van der Waals surface area contributed by atoms with E-state index in [4.69, 9.17) is 4.42 Å². The molecule has 1 N–H and O–H groups in total. The molecule has 0 aliphatic heterocycles. The quantitative estimate of drug-likeness (QED) is 0.757. The highest BCUT2D eigenvalue weighted by molar-refractivity contribution is 6.01. The van der Waals surface area contributed by atoms with Gasteiger partial charge in [-0.05, 0) is 18.2 Å². The van der Waals surface area contributed by atoms with E-state index in [-0.39, 0.29) is 5.91 Å². The van der Waals surface area contributed by atoms with Crippen molar-refractivity contribution in [2.24, 2.45) is 0 Å². The smallest absolute Gasteiger partial charge is 0.251 e. The van der Waals surface area contributed by atoms with Gasteiger partial charge in [0.2, 0.25) is 0 Å². The van der Waals surface area contributed by atoms with E-state index in [0.29, 0.717) is 11.3 Å². The average Bonchev–Trinajstić information content (AvgIpc) is 2.90. The third-order valence-corrected chi connectivity index (χ3v) is 3.09. The average molecular weight is 251 g/mol. The summed E-state index contributed by atoms with van der Waals surface area (Å²) in [6.07, 6.45) is 0. The van der Waals surface area contributed by atoms with Gasteiger partial charge < -0.3 is 9.73 Å². The number of nitrogens with one attached hydrogen (secondary N) is 1. The summed E-state index contributed by atoms with van der Waals surface area (Å²) in [5.74, 6) is 0.594. The number of rotatable bonds is 2. The Bertz CT molecular complexity index is 710. The fourth-order valence-corrected chi connectivity index (χ4v) is 2.15. The maximum absolute atomic E-state index is 11.9. The number of hydrogen-bond acceptors (Lipinski definition) is 2. The predicted molar refractivity (Wildman–Crippen MR) is 75.0 cm³/mol. The van der Waals surface area contributed by atoms with Gasteiger partial charge in [-0.15, -0.1) is 0 Å². The first kappa shape index (κ1) is 11.5. The standard InChI is InChI=1S/C16H13NO2/c1-17-16(18)13-8-4-3-7-12(13)15-10-11-6-2-5-9-14(11)19-15/h2-10H,1H3,(H,17,18). The number of carbonyl (C=O) groups is 1. The lowest BCUT2D eigenvalue weighted by molar-refractivity contribution is 0.0963. The van der Waals surface area contributed by atoms with Gasteiger partial charge in [-0.1, -0.05) is 36.4 Å². The van der Waals surface area contributed by atoms with Gasteiger partial charge in [0.1, 0.15) is 11.3 Å². The summed E-state index contributed by atoms with van der Waals surface area (Å²) in [5.41, 5.74) is 2.24. The van der Waals surface area contributed by atoms with Gasteiger partial charge in [0.05, 0.1) is 5.56 Å². The molecule has 1 aromatic heterocycles. The van der Waals surface area contributed by atoms with Gasteiger partial charge in [-0.2, -0.15) is 0 Å². The van der Waals surface area contributed by atoms with E-state index >= 15 is 0 Å². The third kappa shape index (κ3) is 1.99. The fourth-order valence-electron chi connectivity index (χ4n) is 2.15. The van der Waals surface area contributed by atoms with Crippen LogP contribution in [0.5, 0.6) is 0 Å². The SMILES string of the molecule is CNC(=O)c1ccccc1-c1cc2ccccc2o1. The lowest BCUT2D eigenvalue weighted by Gasteiger charge is -2.05. The molecule has 1 heterocycles. The Balaban J connectivity index is 2.18. The Morgan fingerprint density at radius 2 is 1.79 bits per heavy atom. The molecule has 0 aliphatic carbocycles. The van der Waals surface area contributed by atoms with Gasteiger partial charge in [-0.3, -0.25) is 4.79 Å². The molecule has 2 aromatic carbocycles. The lowest BCUT2D eigenvalue weighted by atomic mass is 10.0. The topological polar surface area (TPSA) is 42.2 Å². The molecule has 0 saturated carbocycles. The summed E-state index contributed by atoms with van der Waals surface area (Å²) in [4.78, 5) is 11.9. The minimum absolute atomic E-state index is 0.115. The van der Waals surface area contributed by atoms with Gasteiger partial charge in [0, 0.05) is 18.0 Å². The number of amides is 1. The van der Waals surface area contributed by atoms with Crippen molar-refractivity contribution < 1.29 is 9.21 Å². The number of furan rings is 1. The number of benzene rings is 2. The van der Waals surface area contributed by atoms with Crippen molar-refractivity contribution in [3.8, 4) is 11.3 Å². The van der Waals surface area contributed by atoms with Crippen molar-refractivity contribution >= 4 is 16.9 Å². The summed E-state index contributed by atoms with van der Waals surface area (Å²) >= 11 is 0. The number of para-hydroxylation sites is 1. The van der Waals surface area contributed by atoms with Gasteiger partial charge in [0.15, 0.2) is 0 Å². The summed E-state index contributed by atoms with van der Waals surface area (Å²) in [6.45, 7) is 0. The first-order valence-corrected chi connectivity index (χ1v) is 6.09. The van der Waals surface area contributed by atoms with Crippen LogP contribution in [0.1, 0.15) is 10.4 Å². The molecular formula is C16H13NO2. The summed E-state index contributed by atoms with van der Waals surface area (Å²) in [5, 5.41) is 3.68. The Morgan fingerprint density at radius 1 is 1.05 bits per heavy atom. The van der Waals surface area contributed by atoms with Crippen LogP contribution in [-0.4, -0.2) is 13.0 Å². The Hall–Kier alpha value is -2.55. The Labute approximate surface area is 110 Å². The molecule has 0 saturated heterocycles. The van der Waals surface area contributed by atoms with Crippen LogP contribution in [0.15, 0.2) is 59.0 Å². The van der Waals surface area contributed by atoms with Crippen LogP contribution in [0.2, 0.25) is 0 Å². The van der Waals surface area contributed by atoms with Crippen molar-refractivity contribution in [1.29, 1.82) is 0 Å². The van der Waals surface area contributed by atoms with Crippen molar-refractivity contribution in [3.05, 3.63) is 60.2 Å². The van der Waals surface area contributed by atoms with Crippen molar-refractivity contribution in [1.82, 2.24) is 5.32 Å². The van der Waals surface area contributed by atoms with Crippen LogP contribution in [-0.2, 0) is 0 Å². The van der Waals surface area contributed by atoms with Crippen LogP contribution >= 0.6 is 0 Å². The monoisotopic (exact) mass is 251 g/mol. The first-order chi connectivity index (χ1) is 9.29. The zero-order chi connectivity index (χ0) is 13.2. The molecule has 3 heteroatoms. The highest BCUT2D eigenvalue weighted by Crippen LogP contribution is 2.29. The molecule has 0 fully saturated rings. The van der Waals surface area contributed by atoms with Crippen LogP contribution in [0.3, 0.4) is 0 Å². The van der Waals surface area contributed by atoms with E-state index in [2.05, 4.69) is 5.32 Å². The molecule has 0 aliphatic rings. The Kier molecular flexibility index (Phi) is 2.80. The number of fused-ring (bicyclic) bond motifs is 1. The molecule has 19 heavy (non-hydrogen) atoms. The van der Waals surface area contributed by atoms with Crippen LogP contribution in [0.25, 0.3) is 22.3 Å². The van der Waals surface area contributed by atoms with Gasteiger partial charge in [-0.25, -0.2) is 0 Å². The van der Waals surface area contributed by atoms with Crippen molar-refractivity contribution in [3.63, 3.8) is 0 Å². The lowest BCUT2D eigenvalue weighted by Crippen LogP contribution is -2.18. The summed E-state index contributed by atoms with van der Waals surface area (Å²) < 4.78 is 5.81. The number of hydrogen-bond donors (Lipinski definition) is 1. The van der Waals surface area contributed by atoms with Crippen molar-refractivity contribution in [2.45, 2.75) is 0 Å². The van der Waals surface area contributed by atoms with Crippen LogP contribution in [0.4, 0.5) is 0 Å². The molecule has 0 radical (unpaired) electrons. The third-order valence-electron chi connectivity index (χ3n) is 3.09. The van der Waals surface area contributed by atoms with E-state index in [9.17, 15) is 4.79 Å². The van der Waals surface area contributed by atoms with E-state index in [0.717, 1.165) is 16.5 Å². The van der Waals surface area contributed by atoms with Crippen LogP contribution < -0.4 is 5.32 Å². The van der Waals surface area contributed by atoms with E-state index < -0.39 is 0 Å². The molecule has 0 atom stereocenters. The normalized spacial score (nSPS) is 10.6. The van der Waals surface area contributed by atoms with Crippen LogP contribution in [0, 0.1) is 0 Å². The molecule has 94 valence electrons. The predicted octanol–water partition coefficient (Wildman–Crippen LogP) is 3.46. The second-order valence-electron chi connectivity index (χ2n) is 4.27. The molecule has 3 nitrogen and oxygen atoms in total. The van der Waals surface area contributed by atoms with Gasteiger partial charge in [0.25, 0.3) is 5.91 Å². The second kappa shape index (κ2) is 4.61. The molecule has 0 unspecified atom stereocenters. The minimum Gasteiger partial charge on any atom is -0.456 e. The molecule has 0 bridgehead atoms. The van der Waals surface area contributed by atoms with E-state index in [1.165, 1.54) is 0 Å². The molecule has 3 rings (SSSR count). The zero-order valence-electron chi connectivity index (χ0n) is 10.5. The minimum atomic E-state index is -0.115. The van der Waals surface area contributed by atoms with Crippen molar-refractivity contribution in [2.75, 3.05) is 7.05 Å². The first-order valence-electron chi connectivity index (χ1n) is 6.09. The molecule has 1 amide bonds. The highest BCUT2D eigenvalue weighted by atomic mass is 16.3. The maximum atomic E-state index is 11.9. The zero-order valence-corrected chi connectivity index (χ0v) is 10.5. The van der Waals surface area contributed by atoms with E-state index in [1.807, 2.05) is 48.5 Å². The second-order valence-corrected chi connectivity index (χ2v) is 4.27. The molecule has 0 spiro atoms. The summed E-state index contributed by atoms with van der Waals surface area (Å²) in [7, 11) is 1.62. The maximum Gasteiger partial charge on any atom is 0.251 e. The number of carbonyl (C=O) groups excluding carboxylic acids is 1. The Morgan fingerprint density at radius 3 is 2.58 bits per heavy atom.